The van der Waals surface area contributed by atoms with Gasteiger partial charge in [-0.2, -0.15) is 0 Å². The number of thioether (sulfide) groups is 1. The van der Waals surface area contributed by atoms with Gasteiger partial charge in [-0.15, -0.1) is 11.8 Å². The lowest BCUT2D eigenvalue weighted by atomic mass is 10.1. The van der Waals surface area contributed by atoms with Crippen molar-refractivity contribution in [2.24, 2.45) is 0 Å². The van der Waals surface area contributed by atoms with Gasteiger partial charge in [-0.25, -0.2) is 0 Å². The van der Waals surface area contributed by atoms with E-state index in [1.54, 1.807) is 32.4 Å². The fourth-order valence-electron chi connectivity index (χ4n) is 3.25. The molecule has 3 aromatic carbocycles. The monoisotopic (exact) mass is 464 g/mol. The van der Waals surface area contributed by atoms with Crippen LogP contribution < -0.4 is 20.1 Å². The third-order valence-electron chi connectivity index (χ3n) is 4.93. The van der Waals surface area contributed by atoms with Gasteiger partial charge in [-0.05, 0) is 42.3 Å². The largest absolute Gasteiger partial charge is 0.497 e. The molecule has 0 spiro atoms. The lowest BCUT2D eigenvalue weighted by Crippen LogP contribution is -2.24. The van der Waals surface area contributed by atoms with Crippen LogP contribution in [0, 0.1) is 0 Å². The molecule has 6 nitrogen and oxygen atoms in total. The van der Waals surface area contributed by atoms with Gasteiger partial charge in [0.25, 0.3) is 0 Å². The topological polar surface area (TPSA) is 76.7 Å². The van der Waals surface area contributed by atoms with Gasteiger partial charge < -0.3 is 20.1 Å². The first-order valence-electron chi connectivity index (χ1n) is 10.7. The van der Waals surface area contributed by atoms with E-state index < -0.39 is 0 Å². The predicted octanol–water partition coefficient (Wildman–Crippen LogP) is 5.39. The zero-order valence-electron chi connectivity index (χ0n) is 19.0. The summed E-state index contributed by atoms with van der Waals surface area (Å²) in [6, 6.07) is 22.4. The molecule has 2 N–H and O–H groups in total. The van der Waals surface area contributed by atoms with E-state index in [0.717, 1.165) is 10.5 Å². The third-order valence-corrected chi connectivity index (χ3v) is 6.29. The van der Waals surface area contributed by atoms with Gasteiger partial charge in [0.15, 0.2) is 0 Å². The summed E-state index contributed by atoms with van der Waals surface area (Å²) < 4.78 is 10.6. The Morgan fingerprint density at radius 3 is 2.39 bits per heavy atom. The molecule has 33 heavy (non-hydrogen) atoms. The highest BCUT2D eigenvalue weighted by molar-refractivity contribution is 8.00. The minimum absolute atomic E-state index is 0.0849. The average Bonchev–Trinajstić information content (AvgIpc) is 2.83. The van der Waals surface area contributed by atoms with Crippen LogP contribution >= 0.6 is 11.8 Å². The lowest BCUT2D eigenvalue weighted by molar-refractivity contribution is -0.116. The quantitative estimate of drug-likeness (QED) is 0.393. The molecule has 0 aliphatic heterocycles. The Labute approximate surface area is 198 Å². The van der Waals surface area contributed by atoms with E-state index in [9.17, 15) is 9.59 Å². The van der Waals surface area contributed by atoms with E-state index in [0.29, 0.717) is 35.7 Å². The molecular formula is C26H28N2O4S. The Morgan fingerprint density at radius 2 is 1.70 bits per heavy atom. The summed E-state index contributed by atoms with van der Waals surface area (Å²) in [5, 5.41) is 5.56. The van der Waals surface area contributed by atoms with Crippen molar-refractivity contribution in [1.82, 2.24) is 0 Å². The predicted molar refractivity (Wildman–Crippen MR) is 133 cm³/mol. The van der Waals surface area contributed by atoms with Crippen molar-refractivity contribution < 1.29 is 19.1 Å². The van der Waals surface area contributed by atoms with E-state index in [1.807, 2.05) is 61.5 Å². The highest BCUT2D eigenvalue weighted by atomic mass is 32.2. The van der Waals surface area contributed by atoms with Gasteiger partial charge in [0.05, 0.1) is 31.6 Å². The minimum atomic E-state index is -0.323. The van der Waals surface area contributed by atoms with Crippen molar-refractivity contribution in [1.29, 1.82) is 0 Å². The van der Waals surface area contributed by atoms with Crippen LogP contribution in [0.5, 0.6) is 11.5 Å². The van der Waals surface area contributed by atoms with Crippen molar-refractivity contribution in [3.8, 4) is 11.5 Å². The number of nitrogens with one attached hydrogen (secondary N) is 2. The molecule has 3 rings (SSSR count). The standard InChI is InChI=1S/C26H28N2O4S/c1-4-24(26(30)28-22-17-20(31-2)13-14-23(22)32-3)33-21-12-8-11-19(16-21)27-25(29)15-18-9-6-5-7-10-18/h5-14,16-17,24H,4,15H2,1-3H3,(H,27,29)(H,28,30). The normalized spacial score (nSPS) is 11.4. The van der Waals surface area contributed by atoms with Gasteiger partial charge in [-0.1, -0.05) is 43.3 Å². The first-order valence-corrected chi connectivity index (χ1v) is 11.5. The SMILES string of the molecule is CCC(Sc1cccc(NC(=O)Cc2ccccc2)c1)C(=O)Nc1cc(OC)ccc1OC. The molecule has 2 amide bonds. The molecule has 0 saturated heterocycles. The maximum Gasteiger partial charge on any atom is 0.237 e. The van der Waals surface area contributed by atoms with Crippen molar-refractivity contribution in [2.45, 2.75) is 29.9 Å². The van der Waals surface area contributed by atoms with Crippen LogP contribution in [0.15, 0.2) is 77.7 Å². The Bertz CT molecular complexity index is 1090. The number of ether oxygens (including phenoxy) is 2. The molecule has 1 atom stereocenters. The van der Waals surface area contributed by atoms with E-state index in [4.69, 9.17) is 9.47 Å². The van der Waals surface area contributed by atoms with E-state index in [1.165, 1.54) is 11.8 Å². The number of hydrogen-bond donors (Lipinski definition) is 2. The number of rotatable bonds is 10. The summed E-state index contributed by atoms with van der Waals surface area (Å²) in [6.07, 6.45) is 0.938. The summed E-state index contributed by atoms with van der Waals surface area (Å²) in [4.78, 5) is 26.3. The number of hydrogen-bond acceptors (Lipinski definition) is 5. The Balaban J connectivity index is 1.65. The molecule has 1 unspecified atom stereocenters. The van der Waals surface area contributed by atoms with Gasteiger partial charge in [-0.3, -0.25) is 9.59 Å². The fraction of sp³-hybridized carbons (Fsp3) is 0.231. The molecule has 0 heterocycles. The van der Waals surface area contributed by atoms with Crippen LogP contribution in [0.1, 0.15) is 18.9 Å². The molecule has 0 fully saturated rings. The van der Waals surface area contributed by atoms with Crippen LogP contribution in [-0.2, 0) is 16.0 Å². The Morgan fingerprint density at radius 1 is 0.909 bits per heavy atom. The van der Waals surface area contributed by atoms with Gasteiger partial charge in [0.2, 0.25) is 11.8 Å². The van der Waals surface area contributed by atoms with Crippen LogP contribution in [0.2, 0.25) is 0 Å². The van der Waals surface area contributed by atoms with Crippen molar-refractivity contribution in [3.05, 3.63) is 78.4 Å². The molecule has 0 aliphatic carbocycles. The molecule has 0 saturated carbocycles. The molecule has 0 aliphatic rings. The summed E-state index contributed by atoms with van der Waals surface area (Å²) in [5.41, 5.74) is 2.21. The summed E-state index contributed by atoms with van der Waals surface area (Å²) in [6.45, 7) is 1.96. The van der Waals surface area contributed by atoms with Crippen LogP contribution in [-0.4, -0.2) is 31.3 Å². The maximum absolute atomic E-state index is 13.0. The molecular weight excluding hydrogens is 436 g/mol. The van der Waals surface area contributed by atoms with E-state index in [2.05, 4.69) is 10.6 Å². The molecule has 0 aromatic heterocycles. The average molecular weight is 465 g/mol. The molecule has 172 valence electrons. The number of amides is 2. The summed E-state index contributed by atoms with van der Waals surface area (Å²) in [7, 11) is 3.13. The van der Waals surface area contributed by atoms with Crippen LogP contribution in [0.25, 0.3) is 0 Å². The summed E-state index contributed by atoms with van der Waals surface area (Å²) in [5.74, 6) is 0.976. The maximum atomic E-state index is 13.0. The first kappa shape index (κ1) is 24.2. The van der Waals surface area contributed by atoms with Gasteiger partial charge >= 0.3 is 0 Å². The van der Waals surface area contributed by atoms with E-state index in [-0.39, 0.29) is 17.1 Å². The number of methoxy groups -OCH3 is 2. The smallest absolute Gasteiger partial charge is 0.237 e. The van der Waals surface area contributed by atoms with E-state index >= 15 is 0 Å². The highest BCUT2D eigenvalue weighted by Crippen LogP contribution is 2.32. The van der Waals surface area contributed by atoms with Crippen molar-refractivity contribution >= 4 is 35.0 Å². The minimum Gasteiger partial charge on any atom is -0.497 e. The van der Waals surface area contributed by atoms with Crippen molar-refractivity contribution in [3.63, 3.8) is 0 Å². The highest BCUT2D eigenvalue weighted by Gasteiger charge is 2.20. The van der Waals surface area contributed by atoms with Crippen molar-refractivity contribution in [2.75, 3.05) is 24.9 Å². The second-order valence-electron chi connectivity index (χ2n) is 7.31. The van der Waals surface area contributed by atoms with Crippen LogP contribution in [0.3, 0.4) is 0 Å². The lowest BCUT2D eigenvalue weighted by Gasteiger charge is -2.17. The second kappa shape index (κ2) is 12.0. The van der Waals surface area contributed by atoms with Crippen LogP contribution in [0.4, 0.5) is 11.4 Å². The number of carbonyl (C=O) groups excluding carboxylic acids is 2. The Hall–Kier alpha value is -3.45. The second-order valence-corrected chi connectivity index (χ2v) is 8.58. The fourth-order valence-corrected chi connectivity index (χ4v) is 4.26. The number of anilines is 2. The zero-order chi connectivity index (χ0) is 23.6. The summed E-state index contributed by atoms with van der Waals surface area (Å²) >= 11 is 1.45. The first-order chi connectivity index (χ1) is 16.0. The van der Waals surface area contributed by atoms with Gasteiger partial charge in [0.1, 0.15) is 11.5 Å². The number of carbonyl (C=O) groups is 2. The Kier molecular flexibility index (Phi) is 8.78. The molecule has 3 aromatic rings. The van der Waals surface area contributed by atoms with Gasteiger partial charge in [0, 0.05) is 16.6 Å². The number of benzene rings is 3. The molecule has 0 bridgehead atoms. The third kappa shape index (κ3) is 7.02. The molecule has 0 radical (unpaired) electrons. The zero-order valence-corrected chi connectivity index (χ0v) is 19.8. The molecule has 7 heteroatoms.